The minimum absolute atomic E-state index is 0.129. The Labute approximate surface area is 229 Å². The van der Waals surface area contributed by atoms with Crippen LogP contribution in [-0.2, 0) is 0 Å². The monoisotopic (exact) mass is 532 g/mol. The summed E-state index contributed by atoms with van der Waals surface area (Å²) in [6, 6.07) is 25.6. The minimum atomic E-state index is -0.684. The smallest absolute Gasteiger partial charge is 0.343 e. The molecule has 0 unspecified atom stereocenters. The summed E-state index contributed by atoms with van der Waals surface area (Å²) < 4.78 is 5.50. The van der Waals surface area contributed by atoms with Gasteiger partial charge in [0.25, 0.3) is 11.6 Å². The van der Waals surface area contributed by atoms with Crippen LogP contribution in [0.25, 0.3) is 22.0 Å². The van der Waals surface area contributed by atoms with E-state index >= 15 is 0 Å². The Kier molecular flexibility index (Phi) is 7.19. The molecular formula is C31H24N4O5. The molecule has 0 saturated heterocycles. The number of hydrazone groups is 1. The Morgan fingerprint density at radius 3 is 2.38 bits per heavy atom. The third kappa shape index (κ3) is 5.34. The summed E-state index contributed by atoms with van der Waals surface area (Å²) in [5, 5.41) is 15.9. The largest absolute Gasteiger partial charge is 0.422 e. The van der Waals surface area contributed by atoms with Crippen molar-refractivity contribution >= 4 is 34.7 Å². The predicted octanol–water partition coefficient (Wildman–Crippen LogP) is 6.34. The third-order valence-corrected chi connectivity index (χ3v) is 6.34. The van der Waals surface area contributed by atoms with Crippen molar-refractivity contribution in [3.63, 3.8) is 0 Å². The van der Waals surface area contributed by atoms with Crippen molar-refractivity contribution < 1.29 is 19.2 Å². The highest BCUT2D eigenvalue weighted by atomic mass is 16.6. The van der Waals surface area contributed by atoms with Gasteiger partial charge in [0.15, 0.2) is 0 Å². The summed E-state index contributed by atoms with van der Waals surface area (Å²) in [4.78, 5) is 39.5. The fourth-order valence-electron chi connectivity index (χ4n) is 4.50. The van der Waals surface area contributed by atoms with Crippen molar-refractivity contribution in [1.29, 1.82) is 0 Å². The second-order valence-corrected chi connectivity index (χ2v) is 9.18. The van der Waals surface area contributed by atoms with Gasteiger partial charge in [0.05, 0.1) is 16.7 Å². The zero-order valence-corrected chi connectivity index (χ0v) is 21.7. The first-order valence-corrected chi connectivity index (χ1v) is 12.4. The van der Waals surface area contributed by atoms with E-state index in [1.165, 1.54) is 30.5 Å². The lowest BCUT2D eigenvalue weighted by Gasteiger charge is -2.07. The first kappa shape index (κ1) is 26.1. The van der Waals surface area contributed by atoms with E-state index in [9.17, 15) is 19.7 Å². The molecule has 4 aromatic carbocycles. The van der Waals surface area contributed by atoms with Gasteiger partial charge in [-0.1, -0.05) is 54.1 Å². The van der Waals surface area contributed by atoms with Crippen molar-refractivity contribution in [3.05, 3.63) is 129 Å². The molecule has 1 aromatic heterocycles. The molecule has 9 heteroatoms. The molecule has 0 saturated carbocycles. The molecule has 5 rings (SSSR count). The average molecular weight is 533 g/mol. The van der Waals surface area contributed by atoms with Crippen molar-refractivity contribution in [2.24, 2.45) is 5.10 Å². The molecule has 2 N–H and O–H groups in total. The number of aromatic nitrogens is 1. The summed E-state index contributed by atoms with van der Waals surface area (Å²) >= 11 is 0. The van der Waals surface area contributed by atoms with Gasteiger partial charge in [-0.05, 0) is 55.3 Å². The van der Waals surface area contributed by atoms with E-state index in [-0.39, 0.29) is 17.0 Å². The number of H-pyrrole nitrogens is 1. The Morgan fingerprint density at radius 1 is 0.950 bits per heavy atom. The van der Waals surface area contributed by atoms with Crippen LogP contribution >= 0.6 is 0 Å². The molecule has 5 aromatic rings. The number of nitrogens with zero attached hydrogens (tertiary/aromatic N) is 2. The van der Waals surface area contributed by atoms with E-state index < -0.39 is 16.8 Å². The molecule has 0 fully saturated rings. The van der Waals surface area contributed by atoms with Crippen LogP contribution in [0, 0.1) is 24.0 Å². The van der Waals surface area contributed by atoms with Gasteiger partial charge in [-0.2, -0.15) is 5.10 Å². The quantitative estimate of drug-likeness (QED) is 0.0831. The molecule has 1 heterocycles. The van der Waals surface area contributed by atoms with Crippen LogP contribution in [0.15, 0.2) is 96.1 Å². The summed E-state index contributed by atoms with van der Waals surface area (Å²) in [5.74, 6) is -0.898. The number of amides is 1. The zero-order valence-electron chi connectivity index (χ0n) is 21.7. The summed E-state index contributed by atoms with van der Waals surface area (Å²) in [5.41, 5.74) is 8.11. The first-order chi connectivity index (χ1) is 19.3. The van der Waals surface area contributed by atoms with Crippen LogP contribution in [0.5, 0.6) is 5.75 Å². The van der Waals surface area contributed by atoms with Gasteiger partial charge in [-0.25, -0.2) is 10.2 Å². The lowest BCUT2D eigenvalue weighted by atomic mass is 9.99. The fraction of sp³-hybridized carbons (Fsp3) is 0.0645. The molecule has 0 aliphatic carbocycles. The second kappa shape index (κ2) is 11.0. The predicted molar refractivity (Wildman–Crippen MR) is 153 cm³/mol. The van der Waals surface area contributed by atoms with Crippen LogP contribution in [0.2, 0.25) is 0 Å². The number of ether oxygens (including phenoxy) is 1. The number of hydrogen-bond acceptors (Lipinski definition) is 6. The van der Waals surface area contributed by atoms with E-state index in [0.29, 0.717) is 11.3 Å². The number of nitrogens with one attached hydrogen (secondary N) is 2. The molecule has 0 bridgehead atoms. The van der Waals surface area contributed by atoms with Gasteiger partial charge in [0, 0.05) is 34.2 Å². The third-order valence-electron chi connectivity index (χ3n) is 6.34. The number of nitro benzene ring substituents is 1. The minimum Gasteiger partial charge on any atom is -0.422 e. The molecule has 40 heavy (non-hydrogen) atoms. The Morgan fingerprint density at radius 2 is 1.65 bits per heavy atom. The Hall–Kier alpha value is -5.57. The summed E-state index contributed by atoms with van der Waals surface area (Å²) in [6.07, 6.45) is 1.39. The van der Waals surface area contributed by atoms with Crippen LogP contribution in [0.3, 0.4) is 0 Å². The molecule has 0 atom stereocenters. The highest BCUT2D eigenvalue weighted by Gasteiger charge is 2.20. The van der Waals surface area contributed by atoms with Crippen LogP contribution in [0.4, 0.5) is 5.69 Å². The maximum atomic E-state index is 13.3. The highest BCUT2D eigenvalue weighted by molar-refractivity contribution is 6.10. The average Bonchev–Trinajstić information content (AvgIpc) is 3.34. The molecule has 198 valence electrons. The number of carbonyl (C=O) groups is 2. The van der Waals surface area contributed by atoms with Crippen LogP contribution < -0.4 is 10.2 Å². The number of benzene rings is 4. The highest BCUT2D eigenvalue weighted by Crippen LogP contribution is 2.34. The van der Waals surface area contributed by atoms with E-state index in [4.69, 9.17) is 4.74 Å². The number of aromatic amines is 1. The number of nitro groups is 1. The number of esters is 1. The summed E-state index contributed by atoms with van der Waals surface area (Å²) in [7, 11) is 0. The first-order valence-electron chi connectivity index (χ1n) is 12.4. The molecule has 0 radical (unpaired) electrons. The van der Waals surface area contributed by atoms with Crippen LogP contribution in [-0.4, -0.2) is 28.0 Å². The van der Waals surface area contributed by atoms with E-state index in [1.54, 1.807) is 24.3 Å². The fourth-order valence-corrected chi connectivity index (χ4v) is 4.50. The van der Waals surface area contributed by atoms with Crippen molar-refractivity contribution in [3.8, 4) is 16.9 Å². The second-order valence-electron chi connectivity index (χ2n) is 9.18. The Balaban J connectivity index is 1.38. The van der Waals surface area contributed by atoms with Crippen LogP contribution in [0.1, 0.15) is 37.5 Å². The molecule has 1 amide bonds. The van der Waals surface area contributed by atoms with Gasteiger partial charge >= 0.3 is 5.97 Å². The lowest BCUT2D eigenvalue weighted by molar-refractivity contribution is -0.384. The standard InChI is InChI=1S/C31H24N4O5/c1-19-16-20(2)28-25(17-19)27(21-8-4-3-5-9-21)29(33-28)30(36)34-32-18-23-10-6-7-11-26(23)40-31(37)22-12-14-24(15-13-22)35(38)39/h3-18,33H,1-2H3,(H,34,36). The van der Waals surface area contributed by atoms with Gasteiger partial charge < -0.3 is 9.72 Å². The number of rotatable bonds is 7. The molecular weight excluding hydrogens is 508 g/mol. The lowest BCUT2D eigenvalue weighted by Crippen LogP contribution is -2.19. The SMILES string of the molecule is Cc1cc(C)c2[nH]c(C(=O)NN=Cc3ccccc3OC(=O)c3ccc([N+](=O)[O-])cc3)c(-c3ccccc3)c2c1. The zero-order chi connectivity index (χ0) is 28.2. The molecule has 0 aliphatic heterocycles. The van der Waals surface area contributed by atoms with E-state index in [2.05, 4.69) is 27.6 Å². The maximum absolute atomic E-state index is 13.3. The maximum Gasteiger partial charge on any atom is 0.343 e. The number of para-hydroxylation sites is 1. The number of hydrogen-bond donors (Lipinski definition) is 2. The molecule has 0 spiro atoms. The number of aryl methyl sites for hydroxylation is 2. The normalized spacial score (nSPS) is 11.1. The van der Waals surface area contributed by atoms with E-state index in [1.807, 2.05) is 44.2 Å². The molecule has 0 aliphatic rings. The topological polar surface area (TPSA) is 127 Å². The van der Waals surface area contributed by atoms with Gasteiger partial charge in [-0.15, -0.1) is 0 Å². The van der Waals surface area contributed by atoms with Gasteiger partial charge in [0.1, 0.15) is 11.4 Å². The van der Waals surface area contributed by atoms with Crippen molar-refractivity contribution in [2.75, 3.05) is 0 Å². The summed E-state index contributed by atoms with van der Waals surface area (Å²) in [6.45, 7) is 4.01. The van der Waals surface area contributed by atoms with Gasteiger partial charge in [0.2, 0.25) is 0 Å². The van der Waals surface area contributed by atoms with Gasteiger partial charge in [-0.3, -0.25) is 14.9 Å². The number of carbonyl (C=O) groups excluding carboxylic acids is 2. The number of non-ortho nitro benzene ring substituents is 1. The molecule has 9 nitrogen and oxygen atoms in total. The number of fused-ring (bicyclic) bond motifs is 1. The van der Waals surface area contributed by atoms with Crippen molar-refractivity contribution in [1.82, 2.24) is 10.4 Å². The van der Waals surface area contributed by atoms with E-state index in [0.717, 1.165) is 33.2 Å². The Bertz CT molecular complexity index is 1770. The van der Waals surface area contributed by atoms with Crippen molar-refractivity contribution in [2.45, 2.75) is 13.8 Å².